The third-order valence-electron chi connectivity index (χ3n) is 8.14. The number of esters is 1. The molecule has 0 aromatic heterocycles. The molecule has 0 saturated carbocycles. The predicted octanol–water partition coefficient (Wildman–Crippen LogP) is 11.1. The van der Waals surface area contributed by atoms with Gasteiger partial charge in [0.15, 0.2) is 0 Å². The zero-order valence-corrected chi connectivity index (χ0v) is 27.5. The summed E-state index contributed by atoms with van der Waals surface area (Å²) in [5.41, 5.74) is 5.59. The van der Waals surface area contributed by atoms with E-state index in [1.54, 1.807) is 0 Å². The van der Waals surface area contributed by atoms with Crippen LogP contribution in [0.25, 0.3) is 0 Å². The normalized spacial score (nSPS) is 17.3. The summed E-state index contributed by atoms with van der Waals surface area (Å²) in [5, 5.41) is 10.00. The molecule has 0 aromatic rings. The van der Waals surface area contributed by atoms with Gasteiger partial charge in [-0.2, -0.15) is 0 Å². The molecule has 3 heteroatoms. The molecule has 1 rings (SSSR count). The number of unbranched alkanes of at least 4 members (excludes halogenated alkanes) is 8. The number of carbonyl (C=O) groups excluding carboxylic acids is 1. The summed E-state index contributed by atoms with van der Waals surface area (Å²) >= 11 is 0. The summed E-state index contributed by atoms with van der Waals surface area (Å²) in [5.74, 6) is -0.106. The van der Waals surface area contributed by atoms with Crippen LogP contribution >= 0.6 is 0 Å². The second-order valence-electron chi connectivity index (χ2n) is 12.7. The summed E-state index contributed by atoms with van der Waals surface area (Å²) < 4.78 is 5.39. The van der Waals surface area contributed by atoms with Gasteiger partial charge in [-0.05, 0) is 89.2 Å². The van der Waals surface area contributed by atoms with E-state index < -0.39 is 0 Å². The summed E-state index contributed by atoms with van der Waals surface area (Å²) in [6.45, 7) is 13.7. The van der Waals surface area contributed by atoms with Crippen LogP contribution in [0, 0.1) is 5.41 Å². The van der Waals surface area contributed by atoms with Crippen LogP contribution in [0.15, 0.2) is 70.9 Å². The molecule has 0 amide bonds. The van der Waals surface area contributed by atoms with Gasteiger partial charge in [-0.15, -0.1) is 0 Å². The second kappa shape index (κ2) is 22.5. The first-order chi connectivity index (χ1) is 19.7. The van der Waals surface area contributed by atoms with Crippen molar-refractivity contribution in [2.75, 3.05) is 6.61 Å². The number of ether oxygens (including phenoxy) is 1. The van der Waals surface area contributed by atoms with E-state index in [2.05, 4.69) is 77.2 Å². The average molecular weight is 567 g/mol. The van der Waals surface area contributed by atoms with Crippen LogP contribution in [0.1, 0.15) is 144 Å². The molecule has 1 aliphatic carbocycles. The summed E-state index contributed by atoms with van der Waals surface area (Å²) in [7, 11) is 0. The van der Waals surface area contributed by atoms with E-state index in [-0.39, 0.29) is 17.5 Å². The molecule has 0 spiro atoms. The van der Waals surface area contributed by atoms with Crippen molar-refractivity contribution in [1.82, 2.24) is 0 Å². The topological polar surface area (TPSA) is 46.5 Å². The van der Waals surface area contributed by atoms with Crippen LogP contribution in [0.4, 0.5) is 0 Å². The zero-order chi connectivity index (χ0) is 30.3. The first-order valence-corrected chi connectivity index (χ1v) is 16.5. The highest BCUT2D eigenvalue weighted by molar-refractivity contribution is 5.69. The maximum Gasteiger partial charge on any atom is 0.306 e. The standard InChI is InChI=1S/C38H62O3/c1-7-8-9-16-24-35(39)25-17-14-12-10-11-13-15-18-26-37(40)41-31-29-33(3)22-19-21-32(2)27-28-36-34(4)23-20-30-38(36,5)6/h14,17,19,21-22,27-29,35,39H,7-13,15-16,18,20,23-26,30-31H2,1-6H3/t35-/m1/s1. The maximum atomic E-state index is 12.0. The fourth-order valence-electron chi connectivity index (χ4n) is 5.40. The number of hydrogen-bond donors (Lipinski definition) is 1. The largest absolute Gasteiger partial charge is 0.461 e. The van der Waals surface area contributed by atoms with E-state index in [1.807, 2.05) is 13.0 Å². The van der Waals surface area contributed by atoms with Crippen LogP contribution in [0.5, 0.6) is 0 Å². The smallest absolute Gasteiger partial charge is 0.306 e. The van der Waals surface area contributed by atoms with Crippen LogP contribution in [-0.2, 0) is 9.53 Å². The third-order valence-corrected chi connectivity index (χ3v) is 8.14. The van der Waals surface area contributed by atoms with Gasteiger partial charge in [0.25, 0.3) is 0 Å². The molecule has 0 heterocycles. The van der Waals surface area contributed by atoms with Crippen molar-refractivity contribution in [2.24, 2.45) is 5.41 Å². The molecule has 0 aromatic carbocycles. The van der Waals surface area contributed by atoms with Crippen molar-refractivity contribution >= 4 is 5.97 Å². The Morgan fingerprint density at radius 3 is 2.46 bits per heavy atom. The minimum atomic E-state index is -0.181. The van der Waals surface area contributed by atoms with Crippen LogP contribution in [-0.4, -0.2) is 23.8 Å². The Morgan fingerprint density at radius 2 is 1.71 bits per heavy atom. The van der Waals surface area contributed by atoms with Crippen molar-refractivity contribution in [3.8, 4) is 0 Å². The van der Waals surface area contributed by atoms with Crippen molar-refractivity contribution in [3.63, 3.8) is 0 Å². The summed E-state index contributed by atoms with van der Waals surface area (Å²) in [4.78, 5) is 12.0. The van der Waals surface area contributed by atoms with Crippen LogP contribution < -0.4 is 0 Å². The lowest BCUT2D eigenvalue weighted by atomic mass is 9.72. The molecule has 0 bridgehead atoms. The average Bonchev–Trinajstić information content (AvgIpc) is 2.91. The Labute approximate surface area is 253 Å². The van der Waals surface area contributed by atoms with Crippen molar-refractivity contribution in [3.05, 3.63) is 70.9 Å². The van der Waals surface area contributed by atoms with E-state index in [0.29, 0.717) is 13.0 Å². The molecule has 1 atom stereocenters. The van der Waals surface area contributed by atoms with Gasteiger partial charge in [-0.1, -0.05) is 125 Å². The number of rotatable bonds is 21. The fourth-order valence-corrected chi connectivity index (χ4v) is 5.40. The molecular formula is C38H62O3. The van der Waals surface area contributed by atoms with Crippen molar-refractivity contribution in [2.45, 2.75) is 150 Å². The molecule has 0 unspecified atom stereocenters. The lowest BCUT2D eigenvalue weighted by Gasteiger charge is -2.32. The van der Waals surface area contributed by atoms with Gasteiger partial charge < -0.3 is 9.84 Å². The minimum absolute atomic E-state index is 0.106. The third kappa shape index (κ3) is 18.8. The van der Waals surface area contributed by atoms with Crippen LogP contribution in [0.2, 0.25) is 0 Å². The van der Waals surface area contributed by atoms with Crippen molar-refractivity contribution < 1.29 is 14.6 Å². The highest BCUT2D eigenvalue weighted by Gasteiger charge is 2.26. The van der Waals surface area contributed by atoms with E-state index in [9.17, 15) is 9.90 Å². The predicted molar refractivity (Wildman–Crippen MR) is 178 cm³/mol. The molecule has 232 valence electrons. The van der Waals surface area contributed by atoms with E-state index >= 15 is 0 Å². The Kier molecular flexibility index (Phi) is 20.2. The first kappa shape index (κ1) is 36.9. The molecule has 3 nitrogen and oxygen atoms in total. The maximum absolute atomic E-state index is 12.0. The second-order valence-corrected chi connectivity index (χ2v) is 12.7. The molecule has 0 radical (unpaired) electrons. The number of allylic oxidation sites excluding steroid dienone is 10. The number of aliphatic hydroxyl groups is 1. The van der Waals surface area contributed by atoms with E-state index in [1.165, 1.54) is 68.1 Å². The SMILES string of the molecule is CCCCCC[C@@H](O)CC=CCCCCCCCC(=O)OCC=C(C)C=CC=C(C)C=CC1=C(C)CCCC1(C)C. The highest BCUT2D eigenvalue weighted by Crippen LogP contribution is 2.40. The highest BCUT2D eigenvalue weighted by atomic mass is 16.5. The quantitative estimate of drug-likeness (QED) is 0.0650. The molecule has 1 aliphatic rings. The Balaban J connectivity index is 2.13. The Morgan fingerprint density at radius 1 is 0.976 bits per heavy atom. The number of carbonyl (C=O) groups is 1. The lowest BCUT2D eigenvalue weighted by molar-refractivity contribution is -0.142. The Hall–Kier alpha value is -2.13. The van der Waals surface area contributed by atoms with Gasteiger partial charge in [0, 0.05) is 6.42 Å². The van der Waals surface area contributed by atoms with Gasteiger partial charge >= 0.3 is 5.97 Å². The summed E-state index contributed by atoms with van der Waals surface area (Å²) in [6, 6.07) is 0. The number of hydrogen-bond acceptors (Lipinski definition) is 3. The molecule has 0 saturated heterocycles. The molecule has 1 N–H and O–H groups in total. The molecule has 0 aliphatic heterocycles. The van der Waals surface area contributed by atoms with Crippen LogP contribution in [0.3, 0.4) is 0 Å². The van der Waals surface area contributed by atoms with Gasteiger partial charge in [-0.25, -0.2) is 0 Å². The summed E-state index contributed by atoms with van der Waals surface area (Å²) in [6.07, 6.45) is 34.3. The number of aliphatic hydroxyl groups excluding tert-OH is 1. The van der Waals surface area contributed by atoms with Gasteiger partial charge in [-0.3, -0.25) is 4.79 Å². The fraction of sp³-hybridized carbons (Fsp3) is 0.658. The van der Waals surface area contributed by atoms with Gasteiger partial charge in [0.05, 0.1) is 6.10 Å². The molecule has 41 heavy (non-hydrogen) atoms. The zero-order valence-electron chi connectivity index (χ0n) is 27.5. The minimum Gasteiger partial charge on any atom is -0.461 e. The lowest BCUT2D eigenvalue weighted by Crippen LogP contribution is -2.19. The van der Waals surface area contributed by atoms with Gasteiger partial charge in [0.2, 0.25) is 0 Å². The van der Waals surface area contributed by atoms with Crippen molar-refractivity contribution in [1.29, 1.82) is 0 Å². The molecular weight excluding hydrogens is 504 g/mol. The van der Waals surface area contributed by atoms with Gasteiger partial charge in [0.1, 0.15) is 6.61 Å². The Bertz CT molecular complexity index is 910. The molecule has 0 fully saturated rings. The van der Waals surface area contributed by atoms with E-state index in [4.69, 9.17) is 4.74 Å². The monoisotopic (exact) mass is 566 g/mol. The first-order valence-electron chi connectivity index (χ1n) is 16.5. The van der Waals surface area contributed by atoms with E-state index in [0.717, 1.165) is 50.5 Å².